The number of fused-ring (bicyclic) bond motifs is 15. The molecule has 0 bridgehead atoms. The maximum Gasteiger partial charge on any atom is -0.00139 e. The fraction of sp³-hybridized carbons (Fsp3) is 0. The summed E-state index contributed by atoms with van der Waals surface area (Å²) in [7, 11) is 0. The quantitative estimate of drug-likeness (QED) is 0.167. The van der Waals surface area contributed by atoms with Crippen LogP contribution >= 0.6 is 0 Å². The van der Waals surface area contributed by atoms with E-state index in [0.29, 0.717) is 0 Å². The Morgan fingerprint density at radius 2 is 0.540 bits per heavy atom. The zero-order chi connectivity index (χ0) is 32.8. The van der Waals surface area contributed by atoms with Crippen LogP contribution in [0.5, 0.6) is 0 Å². The number of hydrogen-bond donors (Lipinski definition) is 0. The third-order valence-electron chi connectivity index (χ3n) is 11.0. The predicted molar refractivity (Wildman–Crippen MR) is 217 cm³/mol. The van der Waals surface area contributed by atoms with Crippen molar-refractivity contribution < 1.29 is 0 Å². The van der Waals surface area contributed by atoms with E-state index in [9.17, 15) is 0 Å². The van der Waals surface area contributed by atoms with Crippen molar-refractivity contribution >= 4 is 86.2 Å². The van der Waals surface area contributed by atoms with Crippen LogP contribution in [0.25, 0.3) is 108 Å². The van der Waals surface area contributed by atoms with Gasteiger partial charge in [-0.05, 0) is 121 Å². The summed E-state index contributed by atoms with van der Waals surface area (Å²) in [6.07, 6.45) is 0. The Labute approximate surface area is 289 Å². The summed E-state index contributed by atoms with van der Waals surface area (Å²) in [5.74, 6) is 0. The lowest BCUT2D eigenvalue weighted by Crippen LogP contribution is -1.93. The highest BCUT2D eigenvalue weighted by molar-refractivity contribution is 6.39. The fourth-order valence-corrected chi connectivity index (χ4v) is 8.86. The van der Waals surface area contributed by atoms with E-state index in [-0.39, 0.29) is 0 Å². The highest BCUT2D eigenvalue weighted by Gasteiger charge is 2.20. The van der Waals surface area contributed by atoms with E-state index in [4.69, 9.17) is 0 Å². The lowest BCUT2D eigenvalue weighted by Gasteiger charge is -2.20. The summed E-state index contributed by atoms with van der Waals surface area (Å²) >= 11 is 0. The largest absolute Gasteiger partial charge is 0.0616 e. The first kappa shape index (κ1) is 27.5. The molecule has 0 unspecified atom stereocenters. The van der Waals surface area contributed by atoms with Crippen molar-refractivity contribution in [2.24, 2.45) is 0 Å². The van der Waals surface area contributed by atoms with E-state index in [0.717, 1.165) is 0 Å². The third-order valence-corrected chi connectivity index (χ3v) is 11.0. The molecule has 0 amide bonds. The molecule has 11 rings (SSSR count). The SMILES string of the molecule is c1ccc2cc(-c3c(-c4ccc5c(c4)c4ccccc4c4c6ccccc6c6ccccc6c54)c4ccccc4c4ccccc34)ccc2c1. The molecule has 0 heterocycles. The summed E-state index contributed by atoms with van der Waals surface area (Å²) in [5.41, 5.74) is 5.04. The standard InChI is InChI=1S/C50H30/c1-2-14-32-29-33(26-25-31(32)13-1)47-40-20-8-3-15-35(40)36-16-4-9-21-41(36)48(47)34-27-28-45-46(30-34)39-19-7-12-24-44(39)49-42-22-10-5-17-37(42)38-18-6-11-23-43(38)50(45)49/h1-30H. The Balaban J connectivity index is 1.33. The van der Waals surface area contributed by atoms with Crippen molar-refractivity contribution in [1.82, 2.24) is 0 Å². The van der Waals surface area contributed by atoms with Gasteiger partial charge in [-0.15, -0.1) is 0 Å². The Morgan fingerprint density at radius 1 is 0.200 bits per heavy atom. The van der Waals surface area contributed by atoms with Gasteiger partial charge >= 0.3 is 0 Å². The van der Waals surface area contributed by atoms with Crippen LogP contribution in [0.4, 0.5) is 0 Å². The Kier molecular flexibility index (Phi) is 5.76. The van der Waals surface area contributed by atoms with Crippen LogP contribution in [0.1, 0.15) is 0 Å². The van der Waals surface area contributed by atoms with Crippen LogP contribution < -0.4 is 0 Å². The normalized spacial score (nSPS) is 12.0. The molecule has 0 aromatic heterocycles. The molecule has 0 fully saturated rings. The summed E-state index contributed by atoms with van der Waals surface area (Å²) in [6.45, 7) is 0. The second-order valence-corrected chi connectivity index (χ2v) is 13.6. The van der Waals surface area contributed by atoms with Gasteiger partial charge in [0, 0.05) is 0 Å². The molecule has 50 heavy (non-hydrogen) atoms. The Morgan fingerprint density at radius 3 is 1.06 bits per heavy atom. The average molecular weight is 631 g/mol. The first-order valence-electron chi connectivity index (χ1n) is 17.4. The molecular weight excluding hydrogens is 601 g/mol. The summed E-state index contributed by atoms with van der Waals surface area (Å²) in [6, 6.07) is 67.6. The van der Waals surface area contributed by atoms with Crippen molar-refractivity contribution in [3.8, 4) is 22.3 Å². The molecule has 11 aromatic carbocycles. The van der Waals surface area contributed by atoms with Crippen LogP contribution in [-0.4, -0.2) is 0 Å². The fourth-order valence-electron chi connectivity index (χ4n) is 8.86. The van der Waals surface area contributed by atoms with Crippen molar-refractivity contribution in [1.29, 1.82) is 0 Å². The Hall–Kier alpha value is -6.50. The molecule has 0 atom stereocenters. The molecule has 0 radical (unpaired) electrons. The minimum absolute atomic E-state index is 1.23. The van der Waals surface area contributed by atoms with Crippen LogP contribution in [-0.2, 0) is 0 Å². The van der Waals surface area contributed by atoms with Crippen LogP contribution in [0.2, 0.25) is 0 Å². The van der Waals surface area contributed by atoms with Gasteiger partial charge in [0.25, 0.3) is 0 Å². The van der Waals surface area contributed by atoms with E-state index in [1.807, 2.05) is 0 Å². The van der Waals surface area contributed by atoms with Gasteiger partial charge in [0.1, 0.15) is 0 Å². The molecule has 0 saturated carbocycles. The van der Waals surface area contributed by atoms with E-state index in [1.54, 1.807) is 0 Å². The maximum atomic E-state index is 2.47. The summed E-state index contributed by atoms with van der Waals surface area (Å²) in [4.78, 5) is 0. The van der Waals surface area contributed by atoms with Crippen LogP contribution in [0.15, 0.2) is 182 Å². The van der Waals surface area contributed by atoms with Gasteiger partial charge in [-0.3, -0.25) is 0 Å². The minimum Gasteiger partial charge on any atom is -0.0616 e. The monoisotopic (exact) mass is 630 g/mol. The molecule has 0 N–H and O–H groups in total. The zero-order valence-electron chi connectivity index (χ0n) is 27.3. The predicted octanol–water partition coefficient (Wildman–Crippen LogP) is 14.2. The first-order chi connectivity index (χ1) is 24.8. The van der Waals surface area contributed by atoms with Crippen molar-refractivity contribution in [2.75, 3.05) is 0 Å². The maximum absolute atomic E-state index is 2.47. The van der Waals surface area contributed by atoms with Gasteiger partial charge in [0.2, 0.25) is 0 Å². The lowest BCUT2D eigenvalue weighted by molar-refractivity contribution is 1.67. The molecule has 0 heteroatoms. The van der Waals surface area contributed by atoms with Gasteiger partial charge < -0.3 is 0 Å². The average Bonchev–Trinajstić information content (AvgIpc) is 3.20. The second kappa shape index (κ2) is 10.5. The highest BCUT2D eigenvalue weighted by atomic mass is 14.2. The van der Waals surface area contributed by atoms with Gasteiger partial charge in [-0.1, -0.05) is 170 Å². The van der Waals surface area contributed by atoms with Crippen molar-refractivity contribution in [3.05, 3.63) is 182 Å². The van der Waals surface area contributed by atoms with E-state index >= 15 is 0 Å². The molecular formula is C50H30. The molecule has 230 valence electrons. The topological polar surface area (TPSA) is 0 Å². The zero-order valence-corrected chi connectivity index (χ0v) is 27.3. The number of rotatable bonds is 2. The molecule has 0 aliphatic heterocycles. The molecule has 0 aliphatic carbocycles. The molecule has 0 spiro atoms. The van der Waals surface area contributed by atoms with E-state index in [1.165, 1.54) is 108 Å². The lowest BCUT2D eigenvalue weighted by atomic mass is 9.83. The van der Waals surface area contributed by atoms with Crippen molar-refractivity contribution in [2.45, 2.75) is 0 Å². The first-order valence-corrected chi connectivity index (χ1v) is 17.4. The third kappa shape index (κ3) is 3.82. The van der Waals surface area contributed by atoms with Gasteiger partial charge in [0.15, 0.2) is 0 Å². The molecule has 0 aliphatic rings. The molecule has 0 saturated heterocycles. The highest BCUT2D eigenvalue weighted by Crippen LogP contribution is 2.48. The smallest absolute Gasteiger partial charge is 0.00139 e. The second-order valence-electron chi connectivity index (χ2n) is 13.6. The summed E-state index contributed by atoms with van der Waals surface area (Å²) in [5, 5.41) is 20.7. The van der Waals surface area contributed by atoms with Crippen molar-refractivity contribution in [3.63, 3.8) is 0 Å². The van der Waals surface area contributed by atoms with Gasteiger partial charge in [0.05, 0.1) is 0 Å². The number of benzene rings is 11. The van der Waals surface area contributed by atoms with Crippen LogP contribution in [0, 0.1) is 0 Å². The number of hydrogen-bond acceptors (Lipinski definition) is 0. The molecule has 0 nitrogen and oxygen atoms in total. The van der Waals surface area contributed by atoms with E-state index < -0.39 is 0 Å². The Bertz CT molecular complexity index is 3200. The summed E-state index contributed by atoms with van der Waals surface area (Å²) < 4.78 is 0. The van der Waals surface area contributed by atoms with Crippen LogP contribution in [0.3, 0.4) is 0 Å². The van der Waals surface area contributed by atoms with Gasteiger partial charge in [-0.25, -0.2) is 0 Å². The molecule has 11 aromatic rings. The van der Waals surface area contributed by atoms with Gasteiger partial charge in [-0.2, -0.15) is 0 Å². The van der Waals surface area contributed by atoms with E-state index in [2.05, 4.69) is 182 Å². The minimum atomic E-state index is 1.23.